The minimum absolute atomic E-state index is 0.122. The molecule has 0 radical (unpaired) electrons. The smallest absolute Gasteiger partial charge is 0.287 e. The number of ether oxygens (including phenoxy) is 1. The summed E-state index contributed by atoms with van der Waals surface area (Å²) in [6, 6.07) is 22.2. The van der Waals surface area contributed by atoms with Gasteiger partial charge in [0.25, 0.3) is 11.8 Å². The highest BCUT2D eigenvalue weighted by Gasteiger charge is 2.30. The molecule has 0 fully saturated rings. The van der Waals surface area contributed by atoms with E-state index in [4.69, 9.17) is 9.15 Å². The molecule has 2 amide bonds. The third-order valence-electron chi connectivity index (χ3n) is 6.11. The Balaban J connectivity index is 1.59. The fraction of sp³-hybridized carbons (Fsp3) is 0.207. The van der Waals surface area contributed by atoms with Crippen molar-refractivity contribution in [1.29, 1.82) is 0 Å². The lowest BCUT2D eigenvalue weighted by molar-refractivity contribution is -0.130. The lowest BCUT2D eigenvalue weighted by atomic mass is 10.00. The highest BCUT2D eigenvalue weighted by molar-refractivity contribution is 5.95. The Morgan fingerprint density at radius 2 is 1.62 bits per heavy atom. The Morgan fingerprint density at radius 3 is 2.27 bits per heavy atom. The number of amides is 2. The molecule has 1 unspecified atom stereocenters. The van der Waals surface area contributed by atoms with Gasteiger partial charge in [-0.1, -0.05) is 60.7 Å². The minimum atomic E-state index is -1.56. The van der Waals surface area contributed by atoms with Crippen LogP contribution in [0.3, 0.4) is 0 Å². The van der Waals surface area contributed by atoms with Crippen LogP contribution in [0, 0.1) is 6.92 Å². The van der Waals surface area contributed by atoms with E-state index in [2.05, 4.69) is 10.6 Å². The molecule has 3 N–H and O–H groups in total. The molecule has 4 rings (SSSR count). The minimum Gasteiger partial charge on any atom is -0.497 e. The number of aliphatic hydroxyl groups excluding tert-OH is 1. The average Bonchev–Trinajstić information content (AvgIpc) is 2.93. The van der Waals surface area contributed by atoms with Crippen molar-refractivity contribution in [2.45, 2.75) is 32.0 Å². The van der Waals surface area contributed by atoms with Gasteiger partial charge in [-0.05, 0) is 36.6 Å². The molecule has 3 aromatic carbocycles. The molecule has 2 atom stereocenters. The van der Waals surface area contributed by atoms with Gasteiger partial charge in [0.15, 0.2) is 17.3 Å². The van der Waals surface area contributed by atoms with Gasteiger partial charge in [-0.15, -0.1) is 0 Å². The number of carbonyl (C=O) groups is 2. The Bertz CT molecular complexity index is 1450. The van der Waals surface area contributed by atoms with Crippen LogP contribution in [0.4, 0.5) is 0 Å². The number of fused-ring (bicyclic) bond motifs is 1. The molecular weight excluding hydrogens is 472 g/mol. The number of carbonyl (C=O) groups excluding carboxylic acids is 2. The molecule has 37 heavy (non-hydrogen) atoms. The van der Waals surface area contributed by atoms with Crippen LogP contribution in [0.5, 0.6) is 5.75 Å². The van der Waals surface area contributed by atoms with Crippen molar-refractivity contribution in [3.8, 4) is 5.75 Å². The monoisotopic (exact) mass is 500 g/mol. The maximum absolute atomic E-state index is 13.3. The highest BCUT2D eigenvalue weighted by Crippen LogP contribution is 2.21. The summed E-state index contributed by atoms with van der Waals surface area (Å²) in [4.78, 5) is 39.0. The first-order valence-corrected chi connectivity index (χ1v) is 11.8. The van der Waals surface area contributed by atoms with Gasteiger partial charge >= 0.3 is 0 Å². The van der Waals surface area contributed by atoms with Gasteiger partial charge in [-0.2, -0.15) is 0 Å². The van der Waals surface area contributed by atoms with E-state index in [0.29, 0.717) is 11.1 Å². The summed E-state index contributed by atoms with van der Waals surface area (Å²) >= 11 is 0. The van der Waals surface area contributed by atoms with Crippen LogP contribution in [0.15, 0.2) is 88.1 Å². The van der Waals surface area contributed by atoms with Crippen molar-refractivity contribution >= 4 is 22.8 Å². The van der Waals surface area contributed by atoms with E-state index in [9.17, 15) is 19.5 Å². The van der Waals surface area contributed by atoms with Gasteiger partial charge in [-0.3, -0.25) is 14.4 Å². The van der Waals surface area contributed by atoms with Gasteiger partial charge in [0, 0.05) is 18.2 Å². The molecule has 0 saturated heterocycles. The number of rotatable bonds is 9. The third kappa shape index (κ3) is 6.05. The van der Waals surface area contributed by atoms with Crippen LogP contribution in [-0.2, 0) is 17.8 Å². The predicted octanol–water partition coefficient (Wildman–Crippen LogP) is 3.13. The van der Waals surface area contributed by atoms with Gasteiger partial charge in [0.05, 0.1) is 18.5 Å². The number of hydrogen-bond donors (Lipinski definition) is 3. The molecule has 0 aliphatic rings. The number of nitrogens with one attached hydrogen (secondary N) is 2. The molecular formula is C29H28N2O6. The second-order valence-corrected chi connectivity index (χ2v) is 8.67. The van der Waals surface area contributed by atoms with Gasteiger partial charge in [0.2, 0.25) is 0 Å². The summed E-state index contributed by atoms with van der Waals surface area (Å²) in [5.74, 6) is -1.07. The third-order valence-corrected chi connectivity index (χ3v) is 6.11. The fourth-order valence-electron chi connectivity index (χ4n) is 4.03. The first kappa shape index (κ1) is 25.7. The average molecular weight is 501 g/mol. The van der Waals surface area contributed by atoms with Crippen LogP contribution >= 0.6 is 0 Å². The van der Waals surface area contributed by atoms with Crippen LogP contribution in [0.1, 0.15) is 27.2 Å². The molecule has 1 aromatic heterocycles. The molecule has 8 heteroatoms. The van der Waals surface area contributed by atoms with E-state index >= 15 is 0 Å². The SMILES string of the molecule is COc1ccc2c(=O)c(C)c(C(=O)N[C@@H](Cc3ccccc3)C(O)C(=O)NCc3ccccc3)oc2c1. The molecule has 4 aromatic rings. The molecule has 0 bridgehead atoms. The number of hydrogen-bond acceptors (Lipinski definition) is 6. The van der Waals surface area contributed by atoms with E-state index in [1.54, 1.807) is 12.1 Å². The normalized spacial score (nSPS) is 12.5. The van der Waals surface area contributed by atoms with Crippen molar-refractivity contribution < 1.29 is 23.8 Å². The molecule has 190 valence electrons. The largest absolute Gasteiger partial charge is 0.497 e. The van der Waals surface area contributed by atoms with Crippen LogP contribution in [-0.4, -0.2) is 36.2 Å². The zero-order valence-electron chi connectivity index (χ0n) is 20.6. The standard InChI is InChI=1S/C29H28N2O6/c1-18-25(32)22-14-13-21(36-2)16-24(22)37-27(18)29(35)31-23(15-19-9-5-3-6-10-19)26(33)28(34)30-17-20-11-7-4-8-12-20/h3-14,16,23,26,33H,15,17H2,1-2H3,(H,30,34)(H,31,35)/t23-,26?/m0/s1. The Morgan fingerprint density at radius 1 is 0.973 bits per heavy atom. The maximum Gasteiger partial charge on any atom is 0.287 e. The molecule has 0 spiro atoms. The highest BCUT2D eigenvalue weighted by atomic mass is 16.5. The number of methoxy groups -OCH3 is 1. The number of benzene rings is 3. The van der Waals surface area contributed by atoms with Crippen molar-refractivity contribution in [3.05, 3.63) is 112 Å². The van der Waals surface area contributed by atoms with Crippen molar-refractivity contribution in [1.82, 2.24) is 10.6 Å². The first-order valence-electron chi connectivity index (χ1n) is 11.8. The summed E-state index contributed by atoms with van der Waals surface area (Å²) in [5, 5.41) is 16.7. The fourth-order valence-corrected chi connectivity index (χ4v) is 4.03. The van der Waals surface area contributed by atoms with E-state index in [0.717, 1.165) is 11.1 Å². The zero-order chi connectivity index (χ0) is 26.4. The van der Waals surface area contributed by atoms with Crippen LogP contribution < -0.4 is 20.8 Å². The second kappa shape index (κ2) is 11.5. The lowest BCUT2D eigenvalue weighted by Crippen LogP contribution is -2.51. The van der Waals surface area contributed by atoms with Crippen molar-refractivity contribution in [3.63, 3.8) is 0 Å². The van der Waals surface area contributed by atoms with Crippen molar-refractivity contribution in [2.24, 2.45) is 0 Å². The molecule has 0 aliphatic heterocycles. The Labute approximate surface area is 213 Å². The summed E-state index contributed by atoms with van der Waals surface area (Å²) < 4.78 is 11.0. The van der Waals surface area contributed by atoms with Crippen molar-refractivity contribution in [2.75, 3.05) is 7.11 Å². The second-order valence-electron chi connectivity index (χ2n) is 8.67. The molecule has 8 nitrogen and oxygen atoms in total. The van der Waals surface area contributed by atoms with E-state index in [-0.39, 0.29) is 35.3 Å². The predicted molar refractivity (Wildman–Crippen MR) is 139 cm³/mol. The number of aliphatic hydroxyl groups is 1. The quantitative estimate of drug-likeness (QED) is 0.325. The summed E-state index contributed by atoms with van der Waals surface area (Å²) in [5.41, 5.74) is 1.65. The Hall–Kier alpha value is -4.43. The van der Waals surface area contributed by atoms with E-state index < -0.39 is 24.0 Å². The van der Waals surface area contributed by atoms with Crippen LogP contribution in [0.25, 0.3) is 11.0 Å². The lowest BCUT2D eigenvalue weighted by Gasteiger charge is -2.24. The van der Waals surface area contributed by atoms with E-state index in [1.807, 2.05) is 60.7 Å². The van der Waals surface area contributed by atoms with Gasteiger partial charge in [0.1, 0.15) is 11.3 Å². The van der Waals surface area contributed by atoms with Gasteiger partial charge in [-0.25, -0.2) is 0 Å². The molecule has 0 aliphatic carbocycles. The zero-order valence-corrected chi connectivity index (χ0v) is 20.6. The molecule has 1 heterocycles. The summed E-state index contributed by atoms with van der Waals surface area (Å²) in [6.45, 7) is 1.73. The first-order chi connectivity index (χ1) is 17.9. The van der Waals surface area contributed by atoms with E-state index in [1.165, 1.54) is 20.1 Å². The summed E-state index contributed by atoms with van der Waals surface area (Å²) in [7, 11) is 1.49. The molecule has 0 saturated carbocycles. The van der Waals surface area contributed by atoms with Gasteiger partial charge < -0.3 is 24.9 Å². The maximum atomic E-state index is 13.3. The topological polar surface area (TPSA) is 118 Å². The van der Waals surface area contributed by atoms with Crippen LogP contribution in [0.2, 0.25) is 0 Å². The Kier molecular flexibility index (Phi) is 8.00. The summed E-state index contributed by atoms with van der Waals surface area (Å²) in [6.07, 6.45) is -1.38.